The number of nitrogen functional groups attached to an aromatic ring is 1. The van der Waals surface area contributed by atoms with Gasteiger partial charge in [0.25, 0.3) is 0 Å². The zero-order valence-electron chi connectivity index (χ0n) is 10.1. The lowest BCUT2D eigenvalue weighted by molar-refractivity contribution is 0.0919. The van der Waals surface area contributed by atoms with Gasteiger partial charge in [0.2, 0.25) is 0 Å². The first-order valence-corrected chi connectivity index (χ1v) is 6.39. The summed E-state index contributed by atoms with van der Waals surface area (Å²) in [6.45, 7) is 1.74. The molecule has 0 aliphatic heterocycles. The molecule has 1 aromatic carbocycles. The number of nitrogens with zero attached hydrogens (tertiary/aromatic N) is 2. The molecule has 96 valence electrons. The summed E-state index contributed by atoms with van der Waals surface area (Å²) >= 11 is 3.36. The normalized spacial score (nSPS) is 11.1. The Morgan fingerprint density at radius 2 is 2.21 bits per heavy atom. The molecule has 0 radical (unpaired) electrons. The van der Waals surface area contributed by atoms with Crippen LogP contribution in [0.15, 0.2) is 39.4 Å². The topological polar surface area (TPSA) is 74.0 Å². The summed E-state index contributed by atoms with van der Waals surface area (Å²) in [6.07, 6.45) is 1.49. The number of aromatic nitrogens is 2. The molecule has 5 nitrogen and oxygen atoms in total. The molecule has 0 unspecified atom stereocenters. The maximum atomic E-state index is 12.2. The third-order valence-corrected chi connectivity index (χ3v) is 3.33. The van der Waals surface area contributed by atoms with E-state index in [2.05, 4.69) is 21.0 Å². The third-order valence-electron chi connectivity index (χ3n) is 2.84. The molecular formula is C13H10BrN3O2. The van der Waals surface area contributed by atoms with Gasteiger partial charge in [-0.1, -0.05) is 15.9 Å². The number of benzene rings is 1. The van der Waals surface area contributed by atoms with Crippen molar-refractivity contribution in [2.75, 3.05) is 5.73 Å². The number of aryl methyl sites for hydroxylation is 1. The molecule has 0 aliphatic rings. The predicted octanol–water partition coefficient (Wildman–Crippen LogP) is 2.97. The Morgan fingerprint density at radius 1 is 1.42 bits per heavy atom. The number of nitrogens with two attached hydrogens (primary N) is 1. The molecule has 3 rings (SSSR count). The summed E-state index contributed by atoms with van der Waals surface area (Å²) in [4.78, 5) is 12.2. The Balaban J connectivity index is 2.06. The molecule has 0 bridgehead atoms. The maximum absolute atomic E-state index is 12.2. The van der Waals surface area contributed by atoms with Gasteiger partial charge in [-0.15, -0.1) is 0 Å². The number of rotatable bonds is 1. The van der Waals surface area contributed by atoms with Crippen molar-refractivity contribution in [3.8, 4) is 0 Å². The van der Waals surface area contributed by atoms with Gasteiger partial charge in [0, 0.05) is 9.86 Å². The SMILES string of the molecule is Cc1nn(C(=O)c2cc3ccc(Br)cc3o2)cc1N. The van der Waals surface area contributed by atoms with E-state index in [1.165, 1.54) is 10.9 Å². The fourth-order valence-electron chi connectivity index (χ4n) is 1.80. The summed E-state index contributed by atoms with van der Waals surface area (Å²) in [6, 6.07) is 7.27. The molecule has 19 heavy (non-hydrogen) atoms. The standard InChI is InChI=1S/C13H10BrN3O2/c1-7-10(15)6-17(16-7)13(18)12-4-8-2-3-9(14)5-11(8)19-12/h2-6H,15H2,1H3. The highest BCUT2D eigenvalue weighted by Gasteiger charge is 2.16. The largest absolute Gasteiger partial charge is 0.451 e. The lowest BCUT2D eigenvalue weighted by Gasteiger charge is -1.94. The van der Waals surface area contributed by atoms with Gasteiger partial charge >= 0.3 is 5.91 Å². The summed E-state index contributed by atoms with van der Waals surface area (Å²) in [5.74, 6) is -0.109. The second kappa shape index (κ2) is 4.24. The van der Waals surface area contributed by atoms with Crippen LogP contribution >= 0.6 is 15.9 Å². The fraction of sp³-hybridized carbons (Fsp3) is 0.0769. The van der Waals surface area contributed by atoms with Gasteiger partial charge in [-0.2, -0.15) is 9.78 Å². The molecule has 0 atom stereocenters. The molecule has 3 aromatic rings. The van der Waals surface area contributed by atoms with Crippen LogP contribution < -0.4 is 5.73 Å². The van der Waals surface area contributed by atoms with E-state index in [1.807, 2.05) is 18.2 Å². The summed E-state index contributed by atoms with van der Waals surface area (Å²) in [5, 5.41) is 4.91. The van der Waals surface area contributed by atoms with Gasteiger partial charge in [0.05, 0.1) is 17.6 Å². The van der Waals surface area contributed by atoms with Crippen LogP contribution in [0, 0.1) is 6.92 Å². The van der Waals surface area contributed by atoms with Crippen LogP contribution in [0.5, 0.6) is 0 Å². The van der Waals surface area contributed by atoms with Crippen molar-refractivity contribution in [2.45, 2.75) is 6.92 Å². The molecule has 2 heterocycles. The Bertz CT molecular complexity index is 769. The molecule has 0 saturated carbocycles. The second-order valence-electron chi connectivity index (χ2n) is 4.21. The molecular weight excluding hydrogens is 310 g/mol. The van der Waals surface area contributed by atoms with Crippen molar-refractivity contribution in [3.05, 3.63) is 46.4 Å². The van der Waals surface area contributed by atoms with E-state index in [9.17, 15) is 4.79 Å². The summed E-state index contributed by atoms with van der Waals surface area (Å²) < 4.78 is 7.62. The molecule has 0 amide bonds. The van der Waals surface area contributed by atoms with Gasteiger partial charge in [-0.3, -0.25) is 4.79 Å². The highest BCUT2D eigenvalue weighted by Crippen LogP contribution is 2.24. The van der Waals surface area contributed by atoms with Gasteiger partial charge in [-0.25, -0.2) is 0 Å². The number of hydrogen-bond donors (Lipinski definition) is 1. The van der Waals surface area contributed by atoms with E-state index in [-0.39, 0.29) is 11.7 Å². The van der Waals surface area contributed by atoms with E-state index in [4.69, 9.17) is 10.2 Å². The van der Waals surface area contributed by atoms with Crippen molar-refractivity contribution in [1.29, 1.82) is 0 Å². The average Bonchev–Trinajstić information content (AvgIpc) is 2.92. The minimum absolute atomic E-state index is 0.232. The van der Waals surface area contributed by atoms with Gasteiger partial charge in [0.15, 0.2) is 5.76 Å². The number of carbonyl (C=O) groups excluding carboxylic acids is 1. The number of furan rings is 1. The van der Waals surface area contributed by atoms with Crippen LogP contribution in [0.25, 0.3) is 11.0 Å². The number of carbonyl (C=O) groups is 1. The van der Waals surface area contributed by atoms with Gasteiger partial charge in [-0.05, 0) is 31.2 Å². The maximum Gasteiger partial charge on any atom is 0.313 e. The van der Waals surface area contributed by atoms with Crippen LogP contribution in [0.1, 0.15) is 16.2 Å². The van der Waals surface area contributed by atoms with Crippen molar-refractivity contribution in [1.82, 2.24) is 9.78 Å². The first kappa shape index (κ1) is 12.0. The number of hydrogen-bond acceptors (Lipinski definition) is 4. The van der Waals surface area contributed by atoms with Crippen molar-refractivity contribution < 1.29 is 9.21 Å². The first-order valence-electron chi connectivity index (χ1n) is 5.60. The Kier molecular flexibility index (Phi) is 2.67. The molecule has 0 saturated heterocycles. The summed E-state index contributed by atoms with van der Waals surface area (Å²) in [7, 11) is 0. The molecule has 2 aromatic heterocycles. The van der Waals surface area contributed by atoms with Crippen molar-refractivity contribution >= 4 is 38.5 Å². The zero-order chi connectivity index (χ0) is 13.6. The average molecular weight is 320 g/mol. The number of anilines is 1. The fourth-order valence-corrected chi connectivity index (χ4v) is 2.14. The van der Waals surface area contributed by atoms with E-state index in [0.717, 1.165) is 9.86 Å². The highest BCUT2D eigenvalue weighted by atomic mass is 79.9. The molecule has 0 spiro atoms. The quantitative estimate of drug-likeness (QED) is 0.748. The number of halogens is 1. The minimum atomic E-state index is -0.341. The van der Waals surface area contributed by atoms with E-state index in [0.29, 0.717) is 17.0 Å². The van der Waals surface area contributed by atoms with Gasteiger partial charge in [0.1, 0.15) is 5.58 Å². The minimum Gasteiger partial charge on any atom is -0.451 e. The lowest BCUT2D eigenvalue weighted by atomic mass is 10.2. The van der Waals surface area contributed by atoms with Crippen molar-refractivity contribution in [3.63, 3.8) is 0 Å². The van der Waals surface area contributed by atoms with E-state index < -0.39 is 0 Å². The predicted molar refractivity (Wildman–Crippen MR) is 75.0 cm³/mol. The Morgan fingerprint density at radius 3 is 2.89 bits per heavy atom. The van der Waals surface area contributed by atoms with Gasteiger partial charge < -0.3 is 10.2 Å². The number of fused-ring (bicyclic) bond motifs is 1. The van der Waals surface area contributed by atoms with E-state index >= 15 is 0 Å². The van der Waals surface area contributed by atoms with Crippen molar-refractivity contribution in [2.24, 2.45) is 0 Å². The Hall–Kier alpha value is -2.08. The van der Waals surface area contributed by atoms with Crippen LogP contribution in [0.2, 0.25) is 0 Å². The van der Waals surface area contributed by atoms with Crippen LogP contribution in [0.4, 0.5) is 5.69 Å². The lowest BCUT2D eigenvalue weighted by Crippen LogP contribution is -2.11. The van der Waals surface area contributed by atoms with Crippen LogP contribution in [0.3, 0.4) is 0 Å². The van der Waals surface area contributed by atoms with Crippen LogP contribution in [-0.2, 0) is 0 Å². The molecule has 0 aliphatic carbocycles. The summed E-state index contributed by atoms with van der Waals surface area (Å²) in [5.41, 5.74) is 7.42. The monoisotopic (exact) mass is 319 g/mol. The second-order valence-corrected chi connectivity index (χ2v) is 5.13. The molecule has 2 N–H and O–H groups in total. The Labute approximate surface area is 117 Å². The zero-order valence-corrected chi connectivity index (χ0v) is 11.6. The smallest absolute Gasteiger partial charge is 0.313 e. The van der Waals surface area contributed by atoms with Crippen LogP contribution in [-0.4, -0.2) is 15.7 Å². The molecule has 6 heteroatoms. The van der Waals surface area contributed by atoms with E-state index in [1.54, 1.807) is 13.0 Å². The molecule has 0 fully saturated rings. The highest BCUT2D eigenvalue weighted by molar-refractivity contribution is 9.10. The first-order chi connectivity index (χ1) is 9.04. The third kappa shape index (κ3) is 2.04.